The molecule has 1 aromatic carbocycles. The van der Waals surface area contributed by atoms with Gasteiger partial charge in [0.15, 0.2) is 22.1 Å². The van der Waals surface area contributed by atoms with Gasteiger partial charge in [0.2, 0.25) is 0 Å². The van der Waals surface area contributed by atoms with Gasteiger partial charge >= 0.3 is 5.97 Å². The second kappa shape index (κ2) is 4.64. The Morgan fingerprint density at radius 2 is 2.10 bits per heavy atom. The third-order valence-corrected chi connectivity index (χ3v) is 3.23. The van der Waals surface area contributed by atoms with Gasteiger partial charge in [-0.25, -0.2) is 4.79 Å². The second-order valence-corrected chi connectivity index (χ2v) is 4.35. The highest BCUT2D eigenvalue weighted by Gasteiger charge is 2.21. The van der Waals surface area contributed by atoms with E-state index in [0.717, 1.165) is 0 Å². The van der Waals surface area contributed by atoms with Crippen molar-refractivity contribution >= 4 is 39.5 Å². The number of aromatic nitrogens is 2. The smallest absolute Gasteiger partial charge is 0.338 e. The lowest BCUT2D eigenvalue weighted by atomic mass is 10.1. The Labute approximate surface area is 118 Å². The first-order valence-electron chi connectivity index (χ1n) is 5.66. The maximum absolute atomic E-state index is 11.9. The van der Waals surface area contributed by atoms with E-state index in [1.54, 1.807) is 12.1 Å². The molecule has 0 spiro atoms. The van der Waals surface area contributed by atoms with Crippen molar-refractivity contribution in [3.05, 3.63) is 29.0 Å². The van der Waals surface area contributed by atoms with Gasteiger partial charge in [-0.05, 0) is 12.1 Å². The van der Waals surface area contributed by atoms with E-state index in [-0.39, 0.29) is 5.15 Å². The van der Waals surface area contributed by atoms with E-state index >= 15 is 0 Å². The van der Waals surface area contributed by atoms with Crippen molar-refractivity contribution in [2.45, 2.75) is 0 Å². The number of esters is 1. The number of carbonyl (C=O) groups excluding carboxylic acids is 1. The van der Waals surface area contributed by atoms with Gasteiger partial charge in [0.25, 0.3) is 0 Å². The SMILES string of the molecule is COC(=O)c1ccc(OC)c2oc3c(Cl)nncc3c12. The van der Waals surface area contributed by atoms with Crippen LogP contribution in [0.15, 0.2) is 22.7 Å². The summed E-state index contributed by atoms with van der Waals surface area (Å²) in [6.07, 6.45) is 1.49. The fourth-order valence-corrected chi connectivity index (χ4v) is 2.29. The van der Waals surface area contributed by atoms with Crippen LogP contribution in [0.4, 0.5) is 0 Å². The number of hydrogen-bond acceptors (Lipinski definition) is 6. The molecule has 0 fully saturated rings. The zero-order chi connectivity index (χ0) is 14.3. The van der Waals surface area contributed by atoms with Crippen LogP contribution in [-0.2, 0) is 4.74 Å². The van der Waals surface area contributed by atoms with Crippen LogP contribution in [0, 0.1) is 0 Å². The number of halogens is 1. The highest BCUT2D eigenvalue weighted by Crippen LogP contribution is 2.38. The van der Waals surface area contributed by atoms with Crippen LogP contribution in [0.3, 0.4) is 0 Å². The number of furan rings is 1. The molecule has 0 N–H and O–H groups in total. The number of fused-ring (bicyclic) bond motifs is 3. The number of carbonyl (C=O) groups is 1. The van der Waals surface area contributed by atoms with Gasteiger partial charge in [-0.15, -0.1) is 5.10 Å². The van der Waals surface area contributed by atoms with Crippen LogP contribution in [0.2, 0.25) is 5.15 Å². The first-order valence-corrected chi connectivity index (χ1v) is 6.04. The van der Waals surface area contributed by atoms with Crippen molar-refractivity contribution in [3.8, 4) is 5.75 Å². The minimum Gasteiger partial charge on any atom is -0.493 e. The Hall–Kier alpha value is -2.34. The molecule has 0 aliphatic rings. The number of methoxy groups -OCH3 is 2. The van der Waals surface area contributed by atoms with E-state index in [1.807, 2.05) is 0 Å². The van der Waals surface area contributed by atoms with Crippen LogP contribution in [0.25, 0.3) is 21.9 Å². The van der Waals surface area contributed by atoms with Crippen molar-refractivity contribution in [2.75, 3.05) is 14.2 Å². The summed E-state index contributed by atoms with van der Waals surface area (Å²) in [6, 6.07) is 3.24. The third kappa shape index (κ3) is 1.69. The van der Waals surface area contributed by atoms with Crippen molar-refractivity contribution in [2.24, 2.45) is 0 Å². The summed E-state index contributed by atoms with van der Waals surface area (Å²) in [6.45, 7) is 0. The second-order valence-electron chi connectivity index (χ2n) is 3.99. The summed E-state index contributed by atoms with van der Waals surface area (Å²) in [5.74, 6) is 0.00760. The molecule has 0 atom stereocenters. The molecule has 3 aromatic rings. The van der Waals surface area contributed by atoms with E-state index in [0.29, 0.717) is 33.3 Å². The fraction of sp³-hybridized carbons (Fsp3) is 0.154. The lowest BCUT2D eigenvalue weighted by molar-refractivity contribution is 0.0603. The van der Waals surface area contributed by atoms with Gasteiger partial charge in [-0.3, -0.25) is 0 Å². The van der Waals surface area contributed by atoms with Gasteiger partial charge in [0.1, 0.15) is 0 Å². The van der Waals surface area contributed by atoms with Gasteiger partial charge in [-0.1, -0.05) is 11.6 Å². The van der Waals surface area contributed by atoms with Crippen molar-refractivity contribution < 1.29 is 18.7 Å². The van der Waals surface area contributed by atoms with Gasteiger partial charge in [0.05, 0.1) is 31.4 Å². The van der Waals surface area contributed by atoms with Gasteiger partial charge < -0.3 is 13.9 Å². The molecule has 0 radical (unpaired) electrons. The van der Waals surface area contributed by atoms with E-state index < -0.39 is 5.97 Å². The summed E-state index contributed by atoms with van der Waals surface area (Å²) in [5, 5.41) is 8.75. The normalized spacial score (nSPS) is 10.9. The Balaban J connectivity index is 2.52. The minimum atomic E-state index is -0.478. The molecule has 20 heavy (non-hydrogen) atoms. The lowest BCUT2D eigenvalue weighted by Crippen LogP contribution is -2.02. The topological polar surface area (TPSA) is 74.5 Å². The average Bonchev–Trinajstić information content (AvgIpc) is 2.86. The largest absolute Gasteiger partial charge is 0.493 e. The Morgan fingerprint density at radius 1 is 1.30 bits per heavy atom. The predicted octanol–water partition coefficient (Wildman–Crippen LogP) is 2.82. The standard InChI is InChI=1S/C13H9ClN2O4/c1-18-8-4-3-6(13(17)19-2)9-7-5-15-16-12(14)10(7)20-11(8)9/h3-5H,1-2H3. The molecule has 0 amide bonds. The summed E-state index contributed by atoms with van der Waals surface area (Å²) >= 11 is 5.97. The molecular formula is C13H9ClN2O4. The third-order valence-electron chi connectivity index (χ3n) is 2.98. The predicted molar refractivity (Wildman–Crippen MR) is 72.2 cm³/mol. The molecular weight excluding hydrogens is 284 g/mol. The number of hydrogen-bond donors (Lipinski definition) is 0. The molecule has 7 heteroatoms. The van der Waals surface area contributed by atoms with Crippen LogP contribution in [-0.4, -0.2) is 30.4 Å². The molecule has 6 nitrogen and oxygen atoms in total. The molecule has 0 aliphatic carbocycles. The minimum absolute atomic E-state index is 0.122. The molecule has 0 unspecified atom stereocenters. The van der Waals surface area contributed by atoms with E-state index in [2.05, 4.69) is 10.2 Å². The maximum Gasteiger partial charge on any atom is 0.338 e. The van der Waals surface area contributed by atoms with E-state index in [9.17, 15) is 4.79 Å². The number of rotatable bonds is 2. The Bertz CT molecular complexity index is 828. The monoisotopic (exact) mass is 292 g/mol. The highest BCUT2D eigenvalue weighted by molar-refractivity contribution is 6.34. The summed E-state index contributed by atoms with van der Waals surface area (Å²) < 4.78 is 15.7. The number of nitrogens with zero attached hydrogens (tertiary/aromatic N) is 2. The molecule has 3 rings (SSSR count). The summed E-state index contributed by atoms with van der Waals surface area (Å²) in [5.41, 5.74) is 1.11. The summed E-state index contributed by atoms with van der Waals surface area (Å²) in [4.78, 5) is 11.9. The van der Waals surface area contributed by atoms with E-state index in [4.69, 9.17) is 25.5 Å². The average molecular weight is 293 g/mol. The zero-order valence-electron chi connectivity index (χ0n) is 10.6. The fourth-order valence-electron chi connectivity index (χ4n) is 2.10. The number of ether oxygens (including phenoxy) is 2. The molecule has 2 heterocycles. The first-order chi connectivity index (χ1) is 9.67. The van der Waals surface area contributed by atoms with Gasteiger partial charge in [-0.2, -0.15) is 5.10 Å². The van der Waals surface area contributed by atoms with Crippen LogP contribution in [0.5, 0.6) is 5.75 Å². The Kier molecular flexibility index (Phi) is 2.94. The van der Waals surface area contributed by atoms with E-state index in [1.165, 1.54) is 20.4 Å². The molecule has 0 saturated heterocycles. The van der Waals surface area contributed by atoms with Crippen molar-refractivity contribution in [1.29, 1.82) is 0 Å². The molecule has 0 saturated carbocycles. The number of benzene rings is 1. The van der Waals surface area contributed by atoms with Crippen LogP contribution in [0.1, 0.15) is 10.4 Å². The van der Waals surface area contributed by atoms with Crippen molar-refractivity contribution in [1.82, 2.24) is 10.2 Å². The van der Waals surface area contributed by atoms with Crippen LogP contribution < -0.4 is 4.74 Å². The quantitative estimate of drug-likeness (QED) is 0.676. The molecule has 0 aliphatic heterocycles. The zero-order valence-corrected chi connectivity index (χ0v) is 11.4. The summed E-state index contributed by atoms with van der Waals surface area (Å²) in [7, 11) is 2.82. The molecule has 2 aromatic heterocycles. The molecule has 102 valence electrons. The first kappa shape index (κ1) is 12.7. The maximum atomic E-state index is 11.9. The lowest BCUT2D eigenvalue weighted by Gasteiger charge is -2.04. The Morgan fingerprint density at radius 3 is 2.80 bits per heavy atom. The molecule has 0 bridgehead atoms. The van der Waals surface area contributed by atoms with Crippen LogP contribution >= 0.6 is 11.6 Å². The highest BCUT2D eigenvalue weighted by atomic mass is 35.5. The van der Waals surface area contributed by atoms with Gasteiger partial charge in [0, 0.05) is 5.39 Å². The van der Waals surface area contributed by atoms with Crippen molar-refractivity contribution in [3.63, 3.8) is 0 Å².